The third-order valence-corrected chi connectivity index (χ3v) is 1.24. The summed E-state index contributed by atoms with van der Waals surface area (Å²) < 4.78 is 5.25. The van der Waals surface area contributed by atoms with Gasteiger partial charge >= 0.3 is 0 Å². The van der Waals surface area contributed by atoms with E-state index in [2.05, 4.69) is 0 Å². The number of hydrogen-bond donors (Lipinski definition) is 1. The van der Waals surface area contributed by atoms with Crippen LogP contribution in [-0.2, 0) is 4.74 Å². The van der Waals surface area contributed by atoms with Gasteiger partial charge in [-0.15, -0.1) is 11.6 Å². The van der Waals surface area contributed by atoms with Gasteiger partial charge in [0.15, 0.2) is 0 Å². The average molecular weight is 167 g/mol. The molecule has 0 spiro atoms. The molecular formula is C7H15ClO2. The summed E-state index contributed by atoms with van der Waals surface area (Å²) in [6.45, 7) is 6.13. The van der Waals surface area contributed by atoms with Crippen LogP contribution in [0.5, 0.6) is 0 Å². The molecule has 0 heterocycles. The normalized spacial score (nSPS) is 15.3. The third kappa shape index (κ3) is 6.33. The molecule has 3 heteroatoms. The van der Waals surface area contributed by atoms with Crippen LogP contribution >= 0.6 is 11.6 Å². The molecule has 0 saturated heterocycles. The van der Waals surface area contributed by atoms with E-state index < -0.39 is 6.10 Å². The molecule has 0 aliphatic heterocycles. The molecule has 1 atom stereocenters. The molecule has 0 aliphatic carbocycles. The molecule has 0 aromatic heterocycles. The molecule has 62 valence electrons. The second-order valence-corrected chi connectivity index (χ2v) is 3.54. The monoisotopic (exact) mass is 166 g/mol. The fourth-order valence-electron chi connectivity index (χ4n) is 0.391. The van der Waals surface area contributed by atoms with Crippen LogP contribution in [0.15, 0.2) is 0 Å². The number of aliphatic hydroxyl groups is 1. The standard InChI is InChI=1S/C7H15ClO2/c1-7(2,3)10-5-6(9)4-8/h6,9H,4-5H2,1-3H3/t6-/m0/s1. The first kappa shape index (κ1) is 10.2. The zero-order valence-corrected chi connectivity index (χ0v) is 7.48. The van der Waals surface area contributed by atoms with Crippen LogP contribution in [0.3, 0.4) is 0 Å². The lowest BCUT2D eigenvalue weighted by atomic mass is 10.2. The lowest BCUT2D eigenvalue weighted by Crippen LogP contribution is -2.26. The molecule has 0 amide bonds. The fraction of sp³-hybridized carbons (Fsp3) is 1.00. The zero-order valence-electron chi connectivity index (χ0n) is 6.72. The van der Waals surface area contributed by atoms with Gasteiger partial charge in [0.25, 0.3) is 0 Å². The molecule has 0 saturated carbocycles. The minimum atomic E-state index is -0.541. The van der Waals surface area contributed by atoms with E-state index in [0.717, 1.165) is 0 Å². The Bertz CT molecular complexity index is 88.1. The van der Waals surface area contributed by atoms with Gasteiger partial charge in [-0.25, -0.2) is 0 Å². The van der Waals surface area contributed by atoms with Gasteiger partial charge in [-0.2, -0.15) is 0 Å². The SMILES string of the molecule is CC(C)(C)OC[C@@H](O)CCl. The van der Waals surface area contributed by atoms with E-state index in [9.17, 15) is 0 Å². The van der Waals surface area contributed by atoms with Crippen molar-refractivity contribution in [2.24, 2.45) is 0 Å². The Labute approximate surface area is 67.1 Å². The molecule has 0 unspecified atom stereocenters. The van der Waals surface area contributed by atoms with E-state index >= 15 is 0 Å². The topological polar surface area (TPSA) is 29.5 Å². The van der Waals surface area contributed by atoms with Gasteiger partial charge < -0.3 is 9.84 Å². The quantitative estimate of drug-likeness (QED) is 0.643. The molecule has 0 aromatic carbocycles. The second kappa shape index (κ2) is 4.16. The summed E-state index contributed by atoms with van der Waals surface area (Å²) in [4.78, 5) is 0. The van der Waals surface area contributed by atoms with Crippen molar-refractivity contribution >= 4 is 11.6 Å². The Morgan fingerprint density at radius 1 is 1.50 bits per heavy atom. The van der Waals surface area contributed by atoms with Crippen molar-refractivity contribution in [1.82, 2.24) is 0 Å². The van der Waals surface area contributed by atoms with E-state index in [1.807, 2.05) is 20.8 Å². The largest absolute Gasteiger partial charge is 0.389 e. The highest BCUT2D eigenvalue weighted by Crippen LogP contribution is 2.07. The van der Waals surface area contributed by atoms with Crippen molar-refractivity contribution in [3.05, 3.63) is 0 Å². The molecule has 0 rings (SSSR count). The van der Waals surface area contributed by atoms with E-state index in [1.165, 1.54) is 0 Å². The van der Waals surface area contributed by atoms with Crippen molar-refractivity contribution in [3.8, 4) is 0 Å². The molecular weight excluding hydrogens is 152 g/mol. The number of rotatable bonds is 3. The Morgan fingerprint density at radius 2 is 2.00 bits per heavy atom. The molecule has 2 nitrogen and oxygen atoms in total. The predicted molar refractivity (Wildman–Crippen MR) is 42.4 cm³/mol. The first-order valence-electron chi connectivity index (χ1n) is 3.33. The summed E-state index contributed by atoms with van der Waals surface area (Å²) in [5, 5.41) is 8.96. The van der Waals surface area contributed by atoms with Crippen molar-refractivity contribution in [2.45, 2.75) is 32.5 Å². The van der Waals surface area contributed by atoms with Gasteiger partial charge in [0.05, 0.1) is 24.2 Å². The van der Waals surface area contributed by atoms with Crippen LogP contribution in [0.25, 0.3) is 0 Å². The van der Waals surface area contributed by atoms with E-state index in [-0.39, 0.29) is 11.5 Å². The summed E-state index contributed by atoms with van der Waals surface area (Å²) >= 11 is 5.35. The highest BCUT2D eigenvalue weighted by Gasteiger charge is 2.12. The van der Waals surface area contributed by atoms with Gasteiger partial charge in [0, 0.05) is 0 Å². The molecule has 1 N–H and O–H groups in total. The van der Waals surface area contributed by atoms with E-state index in [4.69, 9.17) is 21.4 Å². The number of halogens is 1. The molecule has 0 fully saturated rings. The smallest absolute Gasteiger partial charge is 0.0908 e. The molecule has 0 bridgehead atoms. The van der Waals surface area contributed by atoms with Crippen LogP contribution in [0.2, 0.25) is 0 Å². The summed E-state index contributed by atoms with van der Waals surface area (Å²) in [5.41, 5.74) is -0.187. The Hall–Kier alpha value is 0.210. The van der Waals surface area contributed by atoms with Crippen LogP contribution < -0.4 is 0 Å². The lowest BCUT2D eigenvalue weighted by Gasteiger charge is -2.20. The molecule has 0 aliphatic rings. The second-order valence-electron chi connectivity index (χ2n) is 3.23. The summed E-state index contributed by atoms with van der Waals surface area (Å²) in [6.07, 6.45) is -0.541. The van der Waals surface area contributed by atoms with Crippen LogP contribution in [-0.4, -0.2) is 29.3 Å². The van der Waals surface area contributed by atoms with Gasteiger partial charge in [-0.05, 0) is 20.8 Å². The van der Waals surface area contributed by atoms with Gasteiger partial charge in [0.1, 0.15) is 0 Å². The fourth-order valence-corrected chi connectivity index (χ4v) is 0.480. The minimum Gasteiger partial charge on any atom is -0.389 e. The Kier molecular flexibility index (Phi) is 4.25. The van der Waals surface area contributed by atoms with Gasteiger partial charge in [0.2, 0.25) is 0 Å². The first-order chi connectivity index (χ1) is 4.45. The summed E-state index contributed by atoms with van der Waals surface area (Å²) in [6, 6.07) is 0. The number of ether oxygens (including phenoxy) is 1. The van der Waals surface area contributed by atoms with E-state index in [1.54, 1.807) is 0 Å². The highest BCUT2D eigenvalue weighted by atomic mass is 35.5. The average Bonchev–Trinajstić information content (AvgIpc) is 1.81. The molecule has 0 radical (unpaired) electrons. The maximum atomic E-state index is 8.96. The molecule has 0 aromatic rings. The van der Waals surface area contributed by atoms with Crippen LogP contribution in [0.4, 0.5) is 0 Å². The number of aliphatic hydroxyl groups excluding tert-OH is 1. The van der Waals surface area contributed by atoms with Gasteiger partial charge in [-0.3, -0.25) is 0 Å². The Morgan fingerprint density at radius 3 is 2.30 bits per heavy atom. The van der Waals surface area contributed by atoms with Crippen LogP contribution in [0, 0.1) is 0 Å². The van der Waals surface area contributed by atoms with Crippen LogP contribution in [0.1, 0.15) is 20.8 Å². The Balaban J connectivity index is 3.36. The van der Waals surface area contributed by atoms with Crippen molar-refractivity contribution in [3.63, 3.8) is 0 Å². The maximum Gasteiger partial charge on any atom is 0.0908 e. The zero-order chi connectivity index (χ0) is 8.20. The van der Waals surface area contributed by atoms with Gasteiger partial charge in [-0.1, -0.05) is 0 Å². The maximum absolute atomic E-state index is 8.96. The van der Waals surface area contributed by atoms with E-state index in [0.29, 0.717) is 6.61 Å². The number of hydrogen-bond acceptors (Lipinski definition) is 2. The number of alkyl halides is 1. The van der Waals surface area contributed by atoms with Crippen molar-refractivity contribution in [2.75, 3.05) is 12.5 Å². The van der Waals surface area contributed by atoms with Crippen molar-refractivity contribution in [1.29, 1.82) is 0 Å². The summed E-state index contributed by atoms with van der Waals surface area (Å²) in [7, 11) is 0. The molecule has 10 heavy (non-hydrogen) atoms. The summed E-state index contributed by atoms with van der Waals surface area (Å²) in [5.74, 6) is 0.232. The first-order valence-corrected chi connectivity index (χ1v) is 3.87. The third-order valence-electron chi connectivity index (χ3n) is 0.887. The predicted octanol–water partition coefficient (Wildman–Crippen LogP) is 1.40. The van der Waals surface area contributed by atoms with Crippen molar-refractivity contribution < 1.29 is 9.84 Å². The highest BCUT2D eigenvalue weighted by molar-refractivity contribution is 6.18. The minimum absolute atomic E-state index is 0.187. The lowest BCUT2D eigenvalue weighted by molar-refractivity contribution is -0.0427.